The number of ketones is 1. The summed E-state index contributed by atoms with van der Waals surface area (Å²) in [5, 5.41) is 2.48. The molecule has 0 aromatic carbocycles. The first-order valence-corrected chi connectivity index (χ1v) is 6.01. The van der Waals surface area contributed by atoms with E-state index in [4.69, 9.17) is 0 Å². The first kappa shape index (κ1) is 12.5. The second-order valence-electron chi connectivity index (χ2n) is 4.61. The molecule has 0 unspecified atom stereocenters. The molecular weight excluding hydrogens is 236 g/mol. The first-order valence-electron chi connectivity index (χ1n) is 6.01. The predicted molar refractivity (Wildman–Crippen MR) is 61.6 cm³/mol. The summed E-state index contributed by atoms with van der Waals surface area (Å²) < 4.78 is 1.42. The van der Waals surface area contributed by atoms with Gasteiger partial charge in [0, 0.05) is 19.0 Å². The Balaban J connectivity index is 1.88. The third kappa shape index (κ3) is 2.85. The maximum absolute atomic E-state index is 11.9. The number of carbonyl (C=O) groups excluding carboxylic acids is 2. The van der Waals surface area contributed by atoms with Gasteiger partial charge in [0.05, 0.1) is 0 Å². The van der Waals surface area contributed by atoms with Crippen molar-refractivity contribution in [3.63, 3.8) is 0 Å². The van der Waals surface area contributed by atoms with Crippen LogP contribution in [-0.4, -0.2) is 39.8 Å². The standard InChI is InChI=1S/C11H16N4O3/c1-8(16)9-2-4-14(5-3-9)10(17)6-15-7-12-11(18)13-15/h7,9H,2-6H2,1H3,(H,13,18)/p+1. The van der Waals surface area contributed by atoms with Crippen LogP contribution in [0.25, 0.3) is 0 Å². The van der Waals surface area contributed by atoms with E-state index in [1.807, 2.05) is 0 Å². The Hall–Kier alpha value is -1.92. The summed E-state index contributed by atoms with van der Waals surface area (Å²) in [5.41, 5.74) is -0.335. The largest absolute Gasteiger partial charge is 0.441 e. The summed E-state index contributed by atoms with van der Waals surface area (Å²) in [6, 6.07) is 0. The van der Waals surface area contributed by atoms with Gasteiger partial charge >= 0.3 is 5.69 Å². The number of nitrogens with one attached hydrogen (secondary N) is 2. The fraction of sp³-hybridized carbons (Fsp3) is 0.636. The number of likely N-dealkylation sites (tertiary alicyclic amines) is 1. The van der Waals surface area contributed by atoms with Crippen LogP contribution in [0.4, 0.5) is 0 Å². The topological polar surface area (TPSA) is 89.9 Å². The summed E-state index contributed by atoms with van der Waals surface area (Å²) in [6.45, 7) is 2.93. The number of H-pyrrole nitrogens is 2. The number of aromatic nitrogens is 3. The summed E-state index contributed by atoms with van der Waals surface area (Å²) in [4.78, 5) is 38.2. The molecule has 2 heterocycles. The van der Waals surface area contributed by atoms with Crippen LogP contribution in [0.5, 0.6) is 0 Å². The lowest BCUT2D eigenvalue weighted by atomic mass is 9.93. The molecule has 1 aromatic heterocycles. The summed E-state index contributed by atoms with van der Waals surface area (Å²) in [5.74, 6) is 0.248. The molecule has 2 N–H and O–H groups in total. The molecule has 7 heteroatoms. The highest BCUT2D eigenvalue weighted by molar-refractivity contribution is 5.79. The van der Waals surface area contributed by atoms with Gasteiger partial charge in [-0.15, -0.1) is 4.68 Å². The van der Waals surface area contributed by atoms with E-state index in [2.05, 4.69) is 10.1 Å². The molecule has 18 heavy (non-hydrogen) atoms. The molecule has 1 aliphatic heterocycles. The van der Waals surface area contributed by atoms with Gasteiger partial charge in [0.1, 0.15) is 5.78 Å². The van der Waals surface area contributed by atoms with Crippen molar-refractivity contribution in [2.75, 3.05) is 13.1 Å². The number of carbonyl (C=O) groups is 2. The zero-order valence-electron chi connectivity index (χ0n) is 10.3. The van der Waals surface area contributed by atoms with Gasteiger partial charge in [-0.25, -0.2) is 4.79 Å². The van der Waals surface area contributed by atoms with Crippen LogP contribution >= 0.6 is 0 Å². The Kier molecular flexibility index (Phi) is 3.59. The minimum Gasteiger partial charge on any atom is -0.339 e. The van der Waals surface area contributed by atoms with E-state index in [-0.39, 0.29) is 29.8 Å². The van der Waals surface area contributed by atoms with E-state index < -0.39 is 0 Å². The van der Waals surface area contributed by atoms with Crippen molar-refractivity contribution in [2.45, 2.75) is 26.3 Å². The fourth-order valence-electron chi connectivity index (χ4n) is 2.20. The van der Waals surface area contributed by atoms with Crippen LogP contribution in [0.1, 0.15) is 19.8 Å². The van der Waals surface area contributed by atoms with Crippen LogP contribution in [-0.2, 0) is 16.1 Å². The molecule has 0 radical (unpaired) electrons. The minimum atomic E-state index is -0.335. The van der Waals surface area contributed by atoms with Crippen molar-refractivity contribution in [3.8, 4) is 0 Å². The average Bonchev–Trinajstić information content (AvgIpc) is 2.75. The highest BCUT2D eigenvalue weighted by atomic mass is 16.2. The van der Waals surface area contributed by atoms with Crippen LogP contribution in [0, 0.1) is 5.92 Å². The second kappa shape index (κ2) is 5.16. The average molecular weight is 253 g/mol. The molecule has 0 saturated carbocycles. The maximum atomic E-state index is 11.9. The molecule has 7 nitrogen and oxygen atoms in total. The van der Waals surface area contributed by atoms with E-state index >= 15 is 0 Å². The van der Waals surface area contributed by atoms with Gasteiger partial charge in [0.2, 0.25) is 0 Å². The molecule has 1 saturated heterocycles. The Morgan fingerprint density at radius 3 is 2.61 bits per heavy atom. The Labute approximate surface area is 104 Å². The minimum absolute atomic E-state index is 0.0442. The fourth-order valence-corrected chi connectivity index (χ4v) is 2.20. The molecule has 0 aliphatic carbocycles. The Morgan fingerprint density at radius 1 is 1.44 bits per heavy atom. The van der Waals surface area contributed by atoms with E-state index in [1.54, 1.807) is 11.8 Å². The summed E-state index contributed by atoms with van der Waals surface area (Å²) >= 11 is 0. The quantitative estimate of drug-likeness (QED) is 0.664. The SMILES string of the molecule is CC(=O)C1CCN(C(=O)C[n+]2c[nH]c(=O)[nH]2)CC1. The smallest absolute Gasteiger partial charge is 0.339 e. The number of amides is 1. The number of Topliss-reactive ketones (excluding diaryl/α,β-unsaturated/α-hetero) is 1. The lowest BCUT2D eigenvalue weighted by molar-refractivity contribution is -0.741. The van der Waals surface area contributed by atoms with Crippen molar-refractivity contribution in [1.82, 2.24) is 15.0 Å². The number of nitrogens with zero attached hydrogens (tertiary/aromatic N) is 2. The molecule has 1 aromatic rings. The normalized spacial score (nSPS) is 16.8. The third-order valence-corrected chi connectivity index (χ3v) is 3.32. The molecule has 1 fully saturated rings. The van der Waals surface area contributed by atoms with Gasteiger partial charge in [-0.2, -0.15) is 10.1 Å². The number of aromatic amines is 2. The first-order chi connectivity index (χ1) is 8.56. The zero-order chi connectivity index (χ0) is 13.1. The number of piperidine rings is 1. The lowest BCUT2D eigenvalue weighted by Crippen LogP contribution is -2.49. The molecule has 0 spiro atoms. The van der Waals surface area contributed by atoms with Crippen LogP contribution in [0.3, 0.4) is 0 Å². The van der Waals surface area contributed by atoms with Gasteiger partial charge in [0.15, 0.2) is 6.54 Å². The molecular formula is C11H17N4O3+. The van der Waals surface area contributed by atoms with Crippen molar-refractivity contribution < 1.29 is 14.3 Å². The van der Waals surface area contributed by atoms with E-state index in [1.165, 1.54) is 11.0 Å². The van der Waals surface area contributed by atoms with Crippen molar-refractivity contribution in [2.24, 2.45) is 5.92 Å². The summed E-state index contributed by atoms with van der Waals surface area (Å²) in [7, 11) is 0. The van der Waals surface area contributed by atoms with Gasteiger partial charge < -0.3 is 4.90 Å². The van der Waals surface area contributed by atoms with Crippen molar-refractivity contribution in [1.29, 1.82) is 0 Å². The second-order valence-corrected chi connectivity index (χ2v) is 4.61. The monoisotopic (exact) mass is 253 g/mol. The maximum Gasteiger partial charge on any atom is 0.441 e. The highest BCUT2D eigenvalue weighted by Crippen LogP contribution is 2.17. The van der Waals surface area contributed by atoms with E-state index in [9.17, 15) is 14.4 Å². The summed E-state index contributed by atoms with van der Waals surface area (Å²) in [6.07, 6.45) is 2.90. The lowest BCUT2D eigenvalue weighted by Gasteiger charge is -2.30. The number of hydrogen-bond acceptors (Lipinski definition) is 3. The van der Waals surface area contributed by atoms with E-state index in [0.717, 1.165) is 12.8 Å². The van der Waals surface area contributed by atoms with Gasteiger partial charge in [-0.05, 0) is 19.8 Å². The van der Waals surface area contributed by atoms with Crippen LogP contribution < -0.4 is 10.4 Å². The molecule has 1 amide bonds. The zero-order valence-corrected chi connectivity index (χ0v) is 10.3. The number of hydrogen-bond donors (Lipinski definition) is 2. The van der Waals surface area contributed by atoms with E-state index in [0.29, 0.717) is 13.1 Å². The van der Waals surface area contributed by atoms with Gasteiger partial charge in [-0.1, -0.05) is 0 Å². The van der Waals surface area contributed by atoms with Crippen molar-refractivity contribution in [3.05, 3.63) is 16.8 Å². The third-order valence-electron chi connectivity index (χ3n) is 3.32. The molecule has 0 atom stereocenters. The number of rotatable bonds is 3. The van der Waals surface area contributed by atoms with Gasteiger partial charge in [0.25, 0.3) is 12.2 Å². The van der Waals surface area contributed by atoms with Gasteiger partial charge in [-0.3, -0.25) is 9.59 Å². The Morgan fingerprint density at radius 2 is 2.11 bits per heavy atom. The molecule has 0 bridgehead atoms. The van der Waals surface area contributed by atoms with Crippen LogP contribution in [0.2, 0.25) is 0 Å². The predicted octanol–water partition coefficient (Wildman–Crippen LogP) is -1.18. The molecule has 98 valence electrons. The van der Waals surface area contributed by atoms with Crippen molar-refractivity contribution >= 4 is 11.7 Å². The highest BCUT2D eigenvalue weighted by Gasteiger charge is 2.26. The Bertz CT molecular complexity index is 496. The molecule has 1 aliphatic rings. The molecule has 2 rings (SSSR count). The van der Waals surface area contributed by atoms with Crippen LogP contribution in [0.15, 0.2) is 11.1 Å².